The fraction of sp³-hybridized carbons (Fsp3) is 0.400. The molecule has 72 valence electrons. The molecule has 0 saturated carbocycles. The number of benzene rings is 1. The number of rotatable bonds is 4. The van der Waals surface area contributed by atoms with E-state index in [1.165, 1.54) is 12.1 Å². The first kappa shape index (κ1) is 9.99. The van der Waals surface area contributed by atoms with Crippen LogP contribution in [-0.4, -0.2) is 12.6 Å². The Labute approximate surface area is 77.5 Å². The molecule has 1 atom stereocenters. The van der Waals surface area contributed by atoms with Gasteiger partial charge in [-0.1, -0.05) is 13.0 Å². The molecule has 1 rings (SSSR count). The van der Waals surface area contributed by atoms with Crippen molar-refractivity contribution in [3.8, 4) is 5.75 Å². The first-order valence-electron chi connectivity index (χ1n) is 4.38. The summed E-state index contributed by atoms with van der Waals surface area (Å²) >= 11 is 0. The first-order valence-corrected chi connectivity index (χ1v) is 4.38. The molecule has 3 heteroatoms. The predicted molar refractivity (Wildman–Crippen MR) is 50.2 cm³/mol. The SMILES string of the molecule is CC[C@@H](CN)Oc1cccc(F)c1. The van der Waals surface area contributed by atoms with Gasteiger partial charge in [0.05, 0.1) is 0 Å². The van der Waals surface area contributed by atoms with E-state index in [-0.39, 0.29) is 11.9 Å². The normalized spacial score (nSPS) is 12.5. The fourth-order valence-electron chi connectivity index (χ4n) is 1.03. The van der Waals surface area contributed by atoms with Gasteiger partial charge < -0.3 is 10.5 Å². The Morgan fingerprint density at radius 2 is 2.31 bits per heavy atom. The molecule has 2 nitrogen and oxygen atoms in total. The van der Waals surface area contributed by atoms with Crippen LogP contribution in [0.3, 0.4) is 0 Å². The summed E-state index contributed by atoms with van der Waals surface area (Å²) in [5.41, 5.74) is 5.45. The highest BCUT2D eigenvalue weighted by molar-refractivity contribution is 5.22. The van der Waals surface area contributed by atoms with Crippen LogP contribution in [0.1, 0.15) is 13.3 Å². The van der Waals surface area contributed by atoms with Crippen LogP contribution < -0.4 is 10.5 Å². The second kappa shape index (κ2) is 4.82. The minimum Gasteiger partial charge on any atom is -0.489 e. The Kier molecular flexibility index (Phi) is 3.71. The van der Waals surface area contributed by atoms with E-state index < -0.39 is 0 Å². The standard InChI is InChI=1S/C10H14FNO/c1-2-9(7-12)13-10-5-3-4-8(11)6-10/h3-6,9H,2,7,12H2,1H3/t9-/m0/s1. The van der Waals surface area contributed by atoms with Crippen molar-refractivity contribution in [3.63, 3.8) is 0 Å². The molecule has 0 bridgehead atoms. The summed E-state index contributed by atoms with van der Waals surface area (Å²) in [5, 5.41) is 0. The second-order valence-corrected chi connectivity index (χ2v) is 2.84. The van der Waals surface area contributed by atoms with Crippen LogP contribution in [0.25, 0.3) is 0 Å². The van der Waals surface area contributed by atoms with Crippen LogP contribution in [0, 0.1) is 5.82 Å². The molecule has 0 heterocycles. The summed E-state index contributed by atoms with van der Waals surface area (Å²) in [7, 11) is 0. The molecule has 0 amide bonds. The van der Waals surface area contributed by atoms with E-state index in [1.54, 1.807) is 12.1 Å². The Bertz CT molecular complexity index is 261. The van der Waals surface area contributed by atoms with Crippen LogP contribution >= 0.6 is 0 Å². The molecule has 1 aromatic rings. The lowest BCUT2D eigenvalue weighted by atomic mass is 10.2. The molecular formula is C10H14FNO. The zero-order chi connectivity index (χ0) is 9.68. The highest BCUT2D eigenvalue weighted by Gasteiger charge is 2.05. The van der Waals surface area contributed by atoms with E-state index in [4.69, 9.17) is 10.5 Å². The third-order valence-corrected chi connectivity index (χ3v) is 1.82. The van der Waals surface area contributed by atoms with Crippen molar-refractivity contribution in [2.24, 2.45) is 5.73 Å². The maximum atomic E-state index is 12.7. The van der Waals surface area contributed by atoms with E-state index >= 15 is 0 Å². The molecule has 13 heavy (non-hydrogen) atoms. The smallest absolute Gasteiger partial charge is 0.126 e. The van der Waals surface area contributed by atoms with Gasteiger partial charge in [-0.3, -0.25) is 0 Å². The summed E-state index contributed by atoms with van der Waals surface area (Å²) in [5.74, 6) is 0.252. The van der Waals surface area contributed by atoms with Gasteiger partial charge >= 0.3 is 0 Å². The second-order valence-electron chi connectivity index (χ2n) is 2.84. The van der Waals surface area contributed by atoms with Crippen molar-refractivity contribution in [2.45, 2.75) is 19.4 Å². The van der Waals surface area contributed by atoms with Crippen molar-refractivity contribution in [1.29, 1.82) is 0 Å². The molecule has 0 aromatic heterocycles. The Balaban J connectivity index is 2.62. The molecular weight excluding hydrogens is 169 g/mol. The van der Waals surface area contributed by atoms with Crippen LogP contribution in [-0.2, 0) is 0 Å². The Morgan fingerprint density at radius 1 is 1.54 bits per heavy atom. The molecule has 0 aliphatic heterocycles. The minimum atomic E-state index is -0.288. The van der Waals surface area contributed by atoms with Crippen LogP contribution in [0.5, 0.6) is 5.75 Å². The van der Waals surface area contributed by atoms with Gasteiger partial charge in [0, 0.05) is 12.6 Å². The first-order chi connectivity index (χ1) is 6.26. The summed E-state index contributed by atoms with van der Waals surface area (Å²) < 4.78 is 18.1. The van der Waals surface area contributed by atoms with Crippen LogP contribution in [0.4, 0.5) is 4.39 Å². The highest BCUT2D eigenvalue weighted by atomic mass is 19.1. The largest absolute Gasteiger partial charge is 0.489 e. The summed E-state index contributed by atoms with van der Waals surface area (Å²) in [4.78, 5) is 0. The molecule has 0 spiro atoms. The van der Waals surface area contributed by atoms with Gasteiger partial charge in [0.2, 0.25) is 0 Å². The molecule has 0 fully saturated rings. The molecule has 2 N–H and O–H groups in total. The van der Waals surface area contributed by atoms with Crippen molar-refractivity contribution in [1.82, 2.24) is 0 Å². The topological polar surface area (TPSA) is 35.2 Å². The zero-order valence-corrected chi connectivity index (χ0v) is 7.66. The quantitative estimate of drug-likeness (QED) is 0.774. The molecule has 0 unspecified atom stereocenters. The third-order valence-electron chi connectivity index (χ3n) is 1.82. The summed E-state index contributed by atoms with van der Waals surface area (Å²) in [6.45, 7) is 2.43. The van der Waals surface area contributed by atoms with E-state index in [0.29, 0.717) is 12.3 Å². The molecule has 1 aromatic carbocycles. The van der Waals surface area contributed by atoms with Gasteiger partial charge in [-0.2, -0.15) is 0 Å². The average Bonchev–Trinajstić information content (AvgIpc) is 2.14. The lowest BCUT2D eigenvalue weighted by Gasteiger charge is -2.14. The number of nitrogens with two attached hydrogens (primary N) is 1. The van der Waals surface area contributed by atoms with E-state index in [0.717, 1.165) is 6.42 Å². The minimum absolute atomic E-state index is 0.0261. The Hall–Kier alpha value is -1.09. The van der Waals surface area contributed by atoms with Gasteiger partial charge in [-0.15, -0.1) is 0 Å². The van der Waals surface area contributed by atoms with Crippen molar-refractivity contribution < 1.29 is 9.13 Å². The van der Waals surface area contributed by atoms with Gasteiger partial charge in [0.1, 0.15) is 17.7 Å². The van der Waals surface area contributed by atoms with Gasteiger partial charge in [0.25, 0.3) is 0 Å². The maximum absolute atomic E-state index is 12.7. The van der Waals surface area contributed by atoms with Gasteiger partial charge in [-0.25, -0.2) is 4.39 Å². The lowest BCUT2D eigenvalue weighted by molar-refractivity contribution is 0.204. The molecule has 0 aliphatic rings. The van der Waals surface area contributed by atoms with Crippen molar-refractivity contribution in [2.75, 3.05) is 6.54 Å². The lowest BCUT2D eigenvalue weighted by Crippen LogP contribution is -2.25. The molecule has 0 aliphatic carbocycles. The highest BCUT2D eigenvalue weighted by Crippen LogP contribution is 2.14. The number of hydrogen-bond donors (Lipinski definition) is 1. The zero-order valence-electron chi connectivity index (χ0n) is 7.66. The molecule has 0 radical (unpaired) electrons. The van der Waals surface area contributed by atoms with E-state index in [9.17, 15) is 4.39 Å². The number of halogens is 1. The van der Waals surface area contributed by atoms with Gasteiger partial charge in [0.15, 0.2) is 0 Å². The maximum Gasteiger partial charge on any atom is 0.126 e. The van der Waals surface area contributed by atoms with Crippen LogP contribution in [0.2, 0.25) is 0 Å². The predicted octanol–water partition coefficient (Wildman–Crippen LogP) is 1.94. The monoisotopic (exact) mass is 183 g/mol. The summed E-state index contributed by atoms with van der Waals surface area (Å²) in [6, 6.07) is 6.09. The van der Waals surface area contributed by atoms with Gasteiger partial charge in [-0.05, 0) is 18.6 Å². The van der Waals surface area contributed by atoms with Crippen LogP contribution in [0.15, 0.2) is 24.3 Å². The van der Waals surface area contributed by atoms with E-state index in [1.807, 2.05) is 6.92 Å². The third kappa shape index (κ3) is 3.03. The number of hydrogen-bond acceptors (Lipinski definition) is 2. The van der Waals surface area contributed by atoms with Crippen molar-refractivity contribution >= 4 is 0 Å². The van der Waals surface area contributed by atoms with E-state index in [2.05, 4.69) is 0 Å². The average molecular weight is 183 g/mol. The molecule has 0 saturated heterocycles. The van der Waals surface area contributed by atoms with Crippen molar-refractivity contribution in [3.05, 3.63) is 30.1 Å². The summed E-state index contributed by atoms with van der Waals surface area (Å²) in [6.07, 6.45) is 0.800. The number of ether oxygens (including phenoxy) is 1. The Morgan fingerprint density at radius 3 is 2.85 bits per heavy atom. The fourth-order valence-corrected chi connectivity index (χ4v) is 1.03.